The van der Waals surface area contributed by atoms with Crippen molar-refractivity contribution in [1.82, 2.24) is 4.72 Å². The second-order valence-electron chi connectivity index (χ2n) is 5.42. The third-order valence-electron chi connectivity index (χ3n) is 3.71. The lowest BCUT2D eigenvalue weighted by atomic mass is 10.1. The van der Waals surface area contributed by atoms with Crippen LogP contribution in [0.1, 0.15) is 30.4 Å². The Balaban J connectivity index is 2.22. The molecule has 1 aromatic carbocycles. The van der Waals surface area contributed by atoms with Crippen LogP contribution in [0.4, 0.5) is 0 Å². The zero-order chi connectivity index (χ0) is 14.0. The molecule has 0 bridgehead atoms. The third kappa shape index (κ3) is 3.35. The molecule has 0 saturated heterocycles. The lowest BCUT2D eigenvalue weighted by Crippen LogP contribution is -2.38. The molecule has 5 heteroatoms. The lowest BCUT2D eigenvalue weighted by molar-refractivity contribution is 0.213. The molecule has 0 aromatic heterocycles. The summed E-state index contributed by atoms with van der Waals surface area (Å²) in [4.78, 5) is 0.314. The first-order valence-corrected chi connectivity index (χ1v) is 8.12. The Morgan fingerprint density at radius 2 is 1.84 bits per heavy atom. The van der Waals surface area contributed by atoms with Crippen LogP contribution in [0.25, 0.3) is 0 Å². The molecule has 2 unspecified atom stereocenters. The van der Waals surface area contributed by atoms with Gasteiger partial charge in [0.25, 0.3) is 0 Å². The maximum Gasteiger partial charge on any atom is 0.240 e. The first-order chi connectivity index (χ1) is 8.92. The molecular formula is C14H21NO3S. The number of aryl methyl sites for hydroxylation is 2. The Bertz CT molecular complexity index is 534. The van der Waals surface area contributed by atoms with Crippen LogP contribution in [0, 0.1) is 19.8 Å². The molecule has 1 aromatic rings. The van der Waals surface area contributed by atoms with E-state index in [0.29, 0.717) is 4.90 Å². The third-order valence-corrected chi connectivity index (χ3v) is 5.17. The smallest absolute Gasteiger partial charge is 0.240 e. The molecule has 2 N–H and O–H groups in total. The molecule has 1 fully saturated rings. The number of aliphatic hydroxyl groups excluding tert-OH is 1. The number of rotatable bonds is 4. The SMILES string of the molecule is Cc1cc(C)cc(S(=O)(=O)NC2CCCC2CO)c1. The van der Waals surface area contributed by atoms with Gasteiger partial charge in [-0.3, -0.25) is 0 Å². The van der Waals surface area contributed by atoms with Crippen molar-refractivity contribution in [3.8, 4) is 0 Å². The molecule has 0 spiro atoms. The Morgan fingerprint density at radius 1 is 1.21 bits per heavy atom. The van der Waals surface area contributed by atoms with Gasteiger partial charge in [-0.1, -0.05) is 12.5 Å². The van der Waals surface area contributed by atoms with E-state index >= 15 is 0 Å². The molecule has 0 aliphatic heterocycles. The Labute approximate surface area is 114 Å². The van der Waals surface area contributed by atoms with Crippen LogP contribution in [0.5, 0.6) is 0 Å². The van der Waals surface area contributed by atoms with Crippen LogP contribution in [0.15, 0.2) is 23.1 Å². The minimum Gasteiger partial charge on any atom is -0.396 e. The summed E-state index contributed by atoms with van der Waals surface area (Å²) in [7, 11) is -3.49. The largest absolute Gasteiger partial charge is 0.396 e. The summed E-state index contributed by atoms with van der Waals surface area (Å²) in [6, 6.07) is 5.16. The maximum absolute atomic E-state index is 12.4. The maximum atomic E-state index is 12.4. The molecule has 1 aliphatic rings. The highest BCUT2D eigenvalue weighted by Gasteiger charge is 2.30. The summed E-state index contributed by atoms with van der Waals surface area (Å²) in [5.74, 6) is 0.0423. The van der Waals surface area contributed by atoms with Gasteiger partial charge in [0.15, 0.2) is 0 Å². The van der Waals surface area contributed by atoms with Gasteiger partial charge in [-0.05, 0) is 55.9 Å². The van der Waals surface area contributed by atoms with Crippen LogP contribution in [-0.2, 0) is 10.0 Å². The number of hydrogen-bond acceptors (Lipinski definition) is 3. The summed E-state index contributed by atoms with van der Waals surface area (Å²) >= 11 is 0. The average Bonchev–Trinajstić information content (AvgIpc) is 2.74. The molecule has 0 radical (unpaired) electrons. The Kier molecular flexibility index (Phi) is 4.28. The van der Waals surface area contributed by atoms with E-state index in [9.17, 15) is 13.5 Å². The highest BCUT2D eigenvalue weighted by molar-refractivity contribution is 7.89. The summed E-state index contributed by atoms with van der Waals surface area (Å²) in [5, 5.41) is 9.26. The van der Waals surface area contributed by atoms with Crippen LogP contribution >= 0.6 is 0 Å². The molecule has 2 rings (SSSR count). The van der Waals surface area contributed by atoms with Crippen LogP contribution in [0.3, 0.4) is 0 Å². The van der Waals surface area contributed by atoms with Gasteiger partial charge < -0.3 is 5.11 Å². The molecule has 0 amide bonds. The second kappa shape index (κ2) is 5.61. The predicted octanol–water partition coefficient (Wildman–Crippen LogP) is 1.74. The molecule has 1 aliphatic carbocycles. The minimum absolute atomic E-state index is 0.0417. The van der Waals surface area contributed by atoms with Crippen molar-refractivity contribution >= 4 is 10.0 Å². The fourth-order valence-electron chi connectivity index (χ4n) is 2.77. The van der Waals surface area contributed by atoms with E-state index in [1.807, 2.05) is 19.9 Å². The summed E-state index contributed by atoms with van der Waals surface area (Å²) in [5.41, 5.74) is 1.87. The van der Waals surface area contributed by atoms with E-state index in [1.54, 1.807) is 12.1 Å². The summed E-state index contributed by atoms with van der Waals surface area (Å²) in [6.07, 6.45) is 2.65. The summed E-state index contributed by atoms with van der Waals surface area (Å²) in [6.45, 7) is 3.82. The average molecular weight is 283 g/mol. The summed E-state index contributed by atoms with van der Waals surface area (Å²) < 4.78 is 27.5. The molecule has 19 heavy (non-hydrogen) atoms. The van der Waals surface area contributed by atoms with Crippen LogP contribution in [0.2, 0.25) is 0 Å². The van der Waals surface area contributed by atoms with Gasteiger partial charge in [-0.25, -0.2) is 13.1 Å². The van der Waals surface area contributed by atoms with Crippen molar-refractivity contribution in [2.45, 2.75) is 44.0 Å². The van der Waals surface area contributed by atoms with E-state index in [2.05, 4.69) is 4.72 Å². The van der Waals surface area contributed by atoms with E-state index in [4.69, 9.17) is 0 Å². The van der Waals surface area contributed by atoms with Gasteiger partial charge in [0, 0.05) is 12.6 Å². The van der Waals surface area contributed by atoms with E-state index in [-0.39, 0.29) is 18.6 Å². The Hall–Kier alpha value is -0.910. The number of aliphatic hydroxyl groups is 1. The monoisotopic (exact) mass is 283 g/mol. The first-order valence-electron chi connectivity index (χ1n) is 6.64. The minimum atomic E-state index is -3.49. The van der Waals surface area contributed by atoms with Crippen molar-refractivity contribution in [2.75, 3.05) is 6.61 Å². The van der Waals surface area contributed by atoms with Crippen molar-refractivity contribution in [2.24, 2.45) is 5.92 Å². The normalized spacial score (nSPS) is 23.7. The van der Waals surface area contributed by atoms with Crippen molar-refractivity contribution in [3.63, 3.8) is 0 Å². The number of benzene rings is 1. The zero-order valence-electron chi connectivity index (χ0n) is 11.4. The van der Waals surface area contributed by atoms with E-state index in [1.165, 1.54) is 0 Å². The lowest BCUT2D eigenvalue weighted by Gasteiger charge is -2.19. The standard InChI is InChI=1S/C14H21NO3S/c1-10-6-11(2)8-13(7-10)19(17,18)15-14-5-3-4-12(14)9-16/h6-8,12,14-16H,3-5,9H2,1-2H3. The predicted molar refractivity (Wildman–Crippen MR) is 74.5 cm³/mol. The van der Waals surface area contributed by atoms with Crippen molar-refractivity contribution < 1.29 is 13.5 Å². The van der Waals surface area contributed by atoms with Crippen molar-refractivity contribution in [1.29, 1.82) is 0 Å². The highest BCUT2D eigenvalue weighted by atomic mass is 32.2. The topological polar surface area (TPSA) is 66.4 Å². The van der Waals surface area contributed by atoms with E-state index in [0.717, 1.165) is 30.4 Å². The number of nitrogens with one attached hydrogen (secondary N) is 1. The van der Waals surface area contributed by atoms with Gasteiger partial charge in [-0.2, -0.15) is 0 Å². The molecule has 4 nitrogen and oxygen atoms in total. The van der Waals surface area contributed by atoms with Gasteiger partial charge in [0.1, 0.15) is 0 Å². The fourth-order valence-corrected chi connectivity index (χ4v) is 4.29. The number of hydrogen-bond donors (Lipinski definition) is 2. The molecule has 1 saturated carbocycles. The molecule has 2 atom stereocenters. The van der Waals surface area contributed by atoms with Gasteiger partial charge in [-0.15, -0.1) is 0 Å². The quantitative estimate of drug-likeness (QED) is 0.884. The number of sulfonamides is 1. The zero-order valence-corrected chi connectivity index (χ0v) is 12.2. The molecule has 0 heterocycles. The molecular weight excluding hydrogens is 262 g/mol. The fraction of sp³-hybridized carbons (Fsp3) is 0.571. The first kappa shape index (κ1) is 14.5. The second-order valence-corrected chi connectivity index (χ2v) is 7.14. The van der Waals surface area contributed by atoms with E-state index < -0.39 is 10.0 Å². The van der Waals surface area contributed by atoms with Gasteiger partial charge >= 0.3 is 0 Å². The molecule has 106 valence electrons. The van der Waals surface area contributed by atoms with Gasteiger partial charge in [0.05, 0.1) is 4.90 Å². The van der Waals surface area contributed by atoms with Crippen LogP contribution < -0.4 is 4.72 Å². The van der Waals surface area contributed by atoms with Crippen LogP contribution in [-0.4, -0.2) is 26.2 Å². The Morgan fingerprint density at radius 3 is 2.42 bits per heavy atom. The van der Waals surface area contributed by atoms with Gasteiger partial charge in [0.2, 0.25) is 10.0 Å². The highest BCUT2D eigenvalue weighted by Crippen LogP contribution is 2.27. The van der Waals surface area contributed by atoms with Crippen molar-refractivity contribution in [3.05, 3.63) is 29.3 Å².